The number of aliphatic imine (C=N–C) groups is 2. The van der Waals surface area contributed by atoms with Gasteiger partial charge >= 0.3 is 20.2 Å². The molecular formula is C42H57N13O8S5. The van der Waals surface area contributed by atoms with Gasteiger partial charge in [-0.05, 0) is 78.5 Å². The molecule has 3 N–H and O–H groups in total. The van der Waals surface area contributed by atoms with Crippen LogP contribution in [0.3, 0.4) is 0 Å². The molecule has 0 radical (unpaired) electrons. The van der Waals surface area contributed by atoms with E-state index in [9.17, 15) is 25.9 Å². The molecular weight excluding hydrogens is 975 g/mol. The molecule has 368 valence electrons. The Bertz CT molecular complexity index is 2810. The van der Waals surface area contributed by atoms with Gasteiger partial charge in [0.05, 0.1) is 37.0 Å². The molecule has 1 saturated carbocycles. The Morgan fingerprint density at radius 3 is 1.75 bits per heavy atom. The van der Waals surface area contributed by atoms with Gasteiger partial charge in [-0.25, -0.2) is 9.98 Å². The van der Waals surface area contributed by atoms with Gasteiger partial charge in [0.25, 0.3) is 18.9 Å². The SMILES string of the molecule is CCN(CC)c1cc(N=C2N=C(Nc3cc(N(CC)CC)c(OC)cc3N=Nc3nnc(S(=O)(=O)O)s3)C(C)CC(SC3CCCCC3)C(C)=C2C)c(N=Nc2nnc(S(=O)(=O)O)s2)cc1OC. The molecule has 2 unspecified atom stereocenters. The fourth-order valence-electron chi connectivity index (χ4n) is 7.73. The smallest absolute Gasteiger partial charge is 0.324 e. The molecule has 2 aliphatic rings. The summed E-state index contributed by atoms with van der Waals surface area (Å²) in [6.07, 6.45) is 6.66. The van der Waals surface area contributed by atoms with Crippen LogP contribution in [-0.4, -0.2) is 109 Å². The third kappa shape index (κ3) is 12.8. The summed E-state index contributed by atoms with van der Waals surface area (Å²) in [6, 6.07) is 7.20. The number of hydrogen-bond donors (Lipinski definition) is 3. The first-order chi connectivity index (χ1) is 32.4. The van der Waals surface area contributed by atoms with E-state index < -0.39 is 28.9 Å². The zero-order chi connectivity index (χ0) is 49.3. The lowest BCUT2D eigenvalue weighted by molar-refractivity contribution is 0.414. The van der Waals surface area contributed by atoms with Crippen LogP contribution in [0.2, 0.25) is 0 Å². The average molecular weight is 1030 g/mol. The van der Waals surface area contributed by atoms with Gasteiger partial charge < -0.3 is 24.6 Å². The fraction of sp³-hybridized carbons (Fsp3) is 0.524. The third-order valence-electron chi connectivity index (χ3n) is 11.6. The zero-order valence-electron chi connectivity index (χ0n) is 39.4. The van der Waals surface area contributed by atoms with Gasteiger partial charge in [0.2, 0.25) is 0 Å². The number of aromatic nitrogens is 4. The topological polar surface area (TPSA) is 271 Å². The first kappa shape index (κ1) is 52.4. The number of rotatable bonds is 18. The zero-order valence-corrected chi connectivity index (χ0v) is 43.4. The van der Waals surface area contributed by atoms with E-state index in [0.717, 1.165) is 41.8 Å². The van der Waals surface area contributed by atoms with Crippen molar-refractivity contribution in [2.45, 2.75) is 106 Å². The lowest BCUT2D eigenvalue weighted by atomic mass is 9.95. The highest BCUT2D eigenvalue weighted by Crippen LogP contribution is 2.45. The summed E-state index contributed by atoms with van der Waals surface area (Å²) in [7, 11) is -6.09. The number of azo groups is 2. The second-order valence-corrected chi connectivity index (χ2v) is 22.4. The molecule has 4 aromatic rings. The maximum atomic E-state index is 11.8. The van der Waals surface area contributed by atoms with Crippen molar-refractivity contribution in [2.75, 3.05) is 55.5 Å². The van der Waals surface area contributed by atoms with Crippen LogP contribution in [0.4, 0.5) is 44.4 Å². The number of ether oxygens (including phenoxy) is 2. The van der Waals surface area contributed by atoms with Crippen molar-refractivity contribution in [2.24, 2.45) is 36.4 Å². The van der Waals surface area contributed by atoms with Crippen LogP contribution in [-0.2, 0) is 20.2 Å². The molecule has 1 aliphatic heterocycles. The van der Waals surface area contributed by atoms with Gasteiger partial charge in [-0.15, -0.1) is 40.9 Å². The maximum Gasteiger partial charge on any atom is 0.324 e. The quantitative estimate of drug-likeness (QED) is 0.0617. The van der Waals surface area contributed by atoms with Crippen molar-refractivity contribution in [1.82, 2.24) is 20.4 Å². The molecule has 3 heterocycles. The monoisotopic (exact) mass is 1030 g/mol. The minimum absolute atomic E-state index is 0.0956. The predicted octanol–water partition coefficient (Wildman–Crippen LogP) is 10.8. The van der Waals surface area contributed by atoms with Crippen LogP contribution in [0.5, 0.6) is 11.5 Å². The van der Waals surface area contributed by atoms with E-state index in [4.69, 9.17) is 19.5 Å². The Morgan fingerprint density at radius 1 is 0.735 bits per heavy atom. The second-order valence-electron chi connectivity index (χ2n) is 15.8. The number of nitrogens with zero attached hydrogens (tertiary/aromatic N) is 12. The van der Waals surface area contributed by atoms with Crippen LogP contribution in [0.25, 0.3) is 0 Å². The van der Waals surface area contributed by atoms with Crippen molar-refractivity contribution in [3.05, 3.63) is 35.4 Å². The van der Waals surface area contributed by atoms with E-state index in [1.165, 1.54) is 19.3 Å². The number of anilines is 3. The molecule has 0 saturated heterocycles. The Balaban J connectivity index is 1.57. The lowest BCUT2D eigenvalue weighted by Gasteiger charge is -2.32. The Morgan fingerprint density at radius 2 is 1.25 bits per heavy atom. The molecule has 1 fully saturated rings. The largest absolute Gasteiger partial charge is 0.494 e. The Labute approximate surface area is 409 Å². The van der Waals surface area contributed by atoms with E-state index in [0.29, 0.717) is 94.3 Å². The van der Waals surface area contributed by atoms with Crippen molar-refractivity contribution in [3.8, 4) is 11.5 Å². The standard InChI is InChI=1S/C42H57N13O8S5/c1-10-54(11-2)32-20-28(30(22-34(32)62-8)46-48-39-50-52-41(65-39)67(56,57)58)43-37-24(5)19-36(64-27-17-15-14-16-18-27)25(6)26(7)38(45-37)44-29-21-33(55(12-3)13-4)35(63-9)23-31(29)47-49-40-51-53-42(66-40)68(59,60)61/h20-24,27,36H,10-19H2,1-9H3,(H,43,44,45)(H,56,57,58)(H,59,60,61). The van der Waals surface area contributed by atoms with Gasteiger partial charge in [0.15, 0.2) is 5.84 Å². The first-order valence-electron chi connectivity index (χ1n) is 22.1. The molecule has 0 amide bonds. The van der Waals surface area contributed by atoms with Crippen LogP contribution >= 0.6 is 34.4 Å². The molecule has 21 nitrogen and oxygen atoms in total. The first-order valence-corrected chi connectivity index (χ1v) is 27.5. The molecule has 1 aliphatic carbocycles. The van der Waals surface area contributed by atoms with Crippen LogP contribution < -0.4 is 24.6 Å². The van der Waals surface area contributed by atoms with Crippen LogP contribution in [0.1, 0.15) is 87.0 Å². The number of benzene rings is 2. The Hall–Kier alpha value is -4.99. The average Bonchev–Trinajstić information content (AvgIpc) is 4.02. The number of thioether (sulfide) groups is 1. The minimum atomic E-state index is -4.61. The van der Waals surface area contributed by atoms with E-state index in [-0.39, 0.29) is 27.1 Å². The molecule has 2 atom stereocenters. The number of hydrogen-bond acceptors (Lipinski definition) is 21. The highest BCUT2D eigenvalue weighted by Gasteiger charge is 2.30. The van der Waals surface area contributed by atoms with Gasteiger partial charge in [-0.2, -0.15) is 28.6 Å². The molecule has 0 bridgehead atoms. The third-order valence-corrected chi connectivity index (χ3v) is 17.3. The van der Waals surface area contributed by atoms with E-state index in [2.05, 4.69) is 69.8 Å². The Kier molecular flexibility index (Phi) is 17.8. The molecule has 68 heavy (non-hydrogen) atoms. The normalized spacial score (nSPS) is 18.3. The molecule has 2 aromatic heterocycles. The summed E-state index contributed by atoms with van der Waals surface area (Å²) in [5.74, 6) is 1.83. The maximum absolute atomic E-state index is 11.8. The van der Waals surface area contributed by atoms with Crippen molar-refractivity contribution >= 4 is 111 Å². The summed E-state index contributed by atoms with van der Waals surface area (Å²) in [5.41, 5.74) is 5.03. The summed E-state index contributed by atoms with van der Waals surface area (Å²) >= 11 is 3.13. The summed E-state index contributed by atoms with van der Waals surface area (Å²) in [6.45, 7) is 17.1. The fourth-order valence-corrected chi connectivity index (χ4v) is 12.0. The molecule has 0 spiro atoms. The molecule has 26 heteroatoms. The molecule has 2 aromatic carbocycles. The number of amidine groups is 2. The lowest BCUT2D eigenvalue weighted by Crippen LogP contribution is -2.30. The van der Waals surface area contributed by atoms with Crippen LogP contribution in [0.15, 0.2) is 74.5 Å². The van der Waals surface area contributed by atoms with Crippen molar-refractivity contribution in [1.29, 1.82) is 0 Å². The molecule has 6 rings (SSSR count). The van der Waals surface area contributed by atoms with Crippen molar-refractivity contribution in [3.63, 3.8) is 0 Å². The van der Waals surface area contributed by atoms with Gasteiger partial charge in [-0.1, -0.05) is 54.4 Å². The summed E-state index contributed by atoms with van der Waals surface area (Å²) < 4.78 is 76.7. The highest BCUT2D eigenvalue weighted by atomic mass is 32.3. The van der Waals surface area contributed by atoms with Gasteiger partial charge in [0, 0.05) is 54.7 Å². The van der Waals surface area contributed by atoms with Crippen LogP contribution in [0, 0.1) is 5.92 Å². The van der Waals surface area contributed by atoms with E-state index in [1.54, 1.807) is 26.4 Å². The van der Waals surface area contributed by atoms with Gasteiger partial charge in [0.1, 0.15) is 28.7 Å². The van der Waals surface area contributed by atoms with Crippen molar-refractivity contribution < 1.29 is 35.4 Å². The van der Waals surface area contributed by atoms with E-state index >= 15 is 0 Å². The van der Waals surface area contributed by atoms with E-state index in [1.807, 2.05) is 58.5 Å². The summed E-state index contributed by atoms with van der Waals surface area (Å²) in [4.78, 5) is 14.9. The van der Waals surface area contributed by atoms with Gasteiger partial charge in [-0.3, -0.25) is 9.11 Å². The second kappa shape index (κ2) is 23.1. The minimum Gasteiger partial charge on any atom is -0.494 e. The summed E-state index contributed by atoms with van der Waals surface area (Å²) in [5, 5.41) is 36.1. The highest BCUT2D eigenvalue weighted by molar-refractivity contribution is 8.00. The number of nitrogens with one attached hydrogen (secondary N) is 1. The number of methoxy groups -OCH3 is 2. The predicted molar refractivity (Wildman–Crippen MR) is 269 cm³/mol.